The predicted octanol–water partition coefficient (Wildman–Crippen LogP) is 4.16. The number of ketones is 1. The van der Waals surface area contributed by atoms with Crippen molar-refractivity contribution in [2.24, 2.45) is 0 Å². The molecule has 0 bridgehead atoms. The van der Waals surface area contributed by atoms with E-state index >= 15 is 0 Å². The quantitative estimate of drug-likeness (QED) is 0.642. The number of nitrogens with one attached hydrogen (secondary N) is 1. The third kappa shape index (κ3) is 3.58. The third-order valence-corrected chi connectivity index (χ3v) is 5.71. The van der Waals surface area contributed by atoms with Crippen LogP contribution < -0.4 is 5.32 Å². The highest BCUT2D eigenvalue weighted by Gasteiger charge is 2.26. The number of hydrogen-bond acceptors (Lipinski definition) is 5. The molecule has 6 heteroatoms. The highest BCUT2D eigenvalue weighted by Crippen LogP contribution is 2.38. The molecule has 0 unspecified atom stereocenters. The number of carbonyl (C=O) groups excluding carboxylic acids is 2. The lowest BCUT2D eigenvalue weighted by Crippen LogP contribution is -2.16. The molecule has 0 radical (unpaired) electrons. The third-order valence-electron chi connectivity index (χ3n) is 4.46. The molecule has 2 aromatic rings. The first kappa shape index (κ1) is 17.6. The molecule has 1 aliphatic carbocycles. The summed E-state index contributed by atoms with van der Waals surface area (Å²) in [5, 5.41) is 3.73. The largest absolute Gasteiger partial charge is 0.465 e. The highest BCUT2D eigenvalue weighted by molar-refractivity contribution is 7.16. The van der Waals surface area contributed by atoms with Crippen molar-refractivity contribution in [2.75, 3.05) is 19.0 Å². The van der Waals surface area contributed by atoms with Crippen LogP contribution in [0.4, 0.5) is 9.39 Å². The maximum atomic E-state index is 13.6. The number of hydrogen-bond donors (Lipinski definition) is 1. The molecule has 3 rings (SSSR count). The van der Waals surface area contributed by atoms with E-state index in [1.54, 1.807) is 19.1 Å². The number of methoxy groups -OCH3 is 1. The number of carbonyl (C=O) groups is 2. The summed E-state index contributed by atoms with van der Waals surface area (Å²) < 4.78 is 18.6. The van der Waals surface area contributed by atoms with Gasteiger partial charge >= 0.3 is 5.97 Å². The van der Waals surface area contributed by atoms with Crippen LogP contribution in [0.15, 0.2) is 18.2 Å². The first-order chi connectivity index (χ1) is 12.0. The Morgan fingerprint density at radius 2 is 2.04 bits per heavy atom. The van der Waals surface area contributed by atoms with Crippen LogP contribution in [-0.2, 0) is 17.6 Å². The van der Waals surface area contributed by atoms with Crippen LogP contribution in [-0.4, -0.2) is 25.4 Å². The van der Waals surface area contributed by atoms with Crippen molar-refractivity contribution < 1.29 is 18.7 Å². The van der Waals surface area contributed by atoms with Gasteiger partial charge in [-0.25, -0.2) is 9.18 Å². The molecule has 0 saturated heterocycles. The number of esters is 1. The molecule has 0 spiro atoms. The summed E-state index contributed by atoms with van der Waals surface area (Å²) in [5.41, 5.74) is 2.41. The SMILES string of the molecule is COC(=O)c1c(NCC(=O)c2ccc(C)c(F)c2)sc2c1CCCC2. The molecular formula is C19H20FNO3S. The predicted molar refractivity (Wildman–Crippen MR) is 96.3 cm³/mol. The summed E-state index contributed by atoms with van der Waals surface area (Å²) in [7, 11) is 1.36. The number of ether oxygens (including phenoxy) is 1. The Kier molecular flexibility index (Phi) is 5.18. The maximum absolute atomic E-state index is 13.6. The number of benzene rings is 1. The van der Waals surface area contributed by atoms with Gasteiger partial charge in [0.25, 0.3) is 0 Å². The zero-order chi connectivity index (χ0) is 18.0. The molecule has 0 amide bonds. The summed E-state index contributed by atoms with van der Waals surface area (Å²) >= 11 is 1.51. The second-order valence-corrected chi connectivity index (χ2v) is 7.25. The zero-order valence-electron chi connectivity index (χ0n) is 14.3. The number of thiophene rings is 1. The molecule has 0 aliphatic heterocycles. The molecule has 4 nitrogen and oxygen atoms in total. The average molecular weight is 361 g/mol. The summed E-state index contributed by atoms with van der Waals surface area (Å²) in [6, 6.07) is 4.45. The molecule has 1 aliphatic rings. The molecule has 1 aromatic heterocycles. The van der Waals surface area contributed by atoms with E-state index in [0.29, 0.717) is 21.7 Å². The van der Waals surface area contributed by atoms with Crippen molar-refractivity contribution in [2.45, 2.75) is 32.6 Å². The van der Waals surface area contributed by atoms with Gasteiger partial charge in [0.2, 0.25) is 0 Å². The van der Waals surface area contributed by atoms with Gasteiger partial charge in [-0.3, -0.25) is 4.79 Å². The molecule has 0 saturated carbocycles. The van der Waals surface area contributed by atoms with Gasteiger partial charge in [0.05, 0.1) is 19.2 Å². The van der Waals surface area contributed by atoms with Gasteiger partial charge in [0.1, 0.15) is 10.8 Å². The fourth-order valence-corrected chi connectivity index (χ4v) is 4.31. The molecule has 1 N–H and O–H groups in total. The number of Topliss-reactive ketones (excluding diaryl/α,β-unsaturated/α-hetero) is 1. The van der Waals surface area contributed by atoms with E-state index in [4.69, 9.17) is 4.74 Å². The minimum atomic E-state index is -0.396. The van der Waals surface area contributed by atoms with Crippen molar-refractivity contribution >= 4 is 28.1 Å². The fraction of sp³-hybridized carbons (Fsp3) is 0.368. The van der Waals surface area contributed by atoms with E-state index in [1.807, 2.05) is 0 Å². The van der Waals surface area contributed by atoms with Crippen LogP contribution in [0, 0.1) is 12.7 Å². The van der Waals surface area contributed by atoms with E-state index in [9.17, 15) is 14.0 Å². The zero-order valence-corrected chi connectivity index (χ0v) is 15.1. The second kappa shape index (κ2) is 7.35. The van der Waals surface area contributed by atoms with Gasteiger partial charge in [-0.15, -0.1) is 11.3 Å². The molecule has 0 atom stereocenters. The number of rotatable bonds is 5. The van der Waals surface area contributed by atoms with Crippen LogP contribution in [0.5, 0.6) is 0 Å². The fourth-order valence-electron chi connectivity index (χ4n) is 3.04. The summed E-state index contributed by atoms with van der Waals surface area (Å²) in [5.74, 6) is -0.996. The topological polar surface area (TPSA) is 55.4 Å². The van der Waals surface area contributed by atoms with Crippen LogP contribution in [0.1, 0.15) is 49.6 Å². The first-order valence-corrected chi connectivity index (χ1v) is 9.09. The Morgan fingerprint density at radius 3 is 2.76 bits per heavy atom. The minimum Gasteiger partial charge on any atom is -0.465 e. The number of halogens is 1. The van der Waals surface area contributed by atoms with Gasteiger partial charge in [-0.05, 0) is 49.8 Å². The van der Waals surface area contributed by atoms with Gasteiger partial charge in [0.15, 0.2) is 5.78 Å². The molecule has 0 fully saturated rings. The Morgan fingerprint density at radius 1 is 1.28 bits per heavy atom. The van der Waals surface area contributed by atoms with Gasteiger partial charge in [-0.1, -0.05) is 12.1 Å². The van der Waals surface area contributed by atoms with Crippen molar-refractivity contribution in [3.63, 3.8) is 0 Å². The van der Waals surface area contributed by atoms with Gasteiger partial charge in [0, 0.05) is 10.4 Å². The van der Waals surface area contributed by atoms with Gasteiger partial charge < -0.3 is 10.1 Å². The molecular weight excluding hydrogens is 341 g/mol. The minimum absolute atomic E-state index is 0.00584. The molecule has 25 heavy (non-hydrogen) atoms. The Balaban J connectivity index is 1.80. The average Bonchev–Trinajstić information content (AvgIpc) is 2.99. The van der Waals surface area contributed by atoms with Crippen LogP contribution in [0.25, 0.3) is 0 Å². The molecule has 1 aromatic carbocycles. The summed E-state index contributed by atoms with van der Waals surface area (Å²) in [6.45, 7) is 1.66. The van der Waals surface area contributed by atoms with Crippen LogP contribution >= 0.6 is 11.3 Å². The summed E-state index contributed by atoms with van der Waals surface area (Å²) in [4.78, 5) is 25.7. The van der Waals surface area contributed by atoms with Gasteiger partial charge in [-0.2, -0.15) is 0 Å². The molecule has 132 valence electrons. The smallest absolute Gasteiger partial charge is 0.341 e. The lowest BCUT2D eigenvalue weighted by atomic mass is 9.95. The lowest BCUT2D eigenvalue weighted by Gasteiger charge is -2.12. The van der Waals surface area contributed by atoms with E-state index in [-0.39, 0.29) is 18.3 Å². The van der Waals surface area contributed by atoms with E-state index in [0.717, 1.165) is 31.2 Å². The second-order valence-electron chi connectivity index (χ2n) is 6.15. The van der Waals surface area contributed by atoms with E-state index in [2.05, 4.69) is 5.32 Å². The van der Waals surface area contributed by atoms with Crippen molar-refractivity contribution in [3.05, 3.63) is 51.1 Å². The standard InChI is InChI=1S/C19H20FNO3S/c1-11-7-8-12(9-14(11)20)15(22)10-21-18-17(19(23)24-2)13-5-3-4-6-16(13)25-18/h7-9,21H,3-6,10H2,1-2H3. The first-order valence-electron chi connectivity index (χ1n) is 8.27. The van der Waals surface area contributed by atoms with Crippen LogP contribution in [0.2, 0.25) is 0 Å². The van der Waals surface area contributed by atoms with Crippen molar-refractivity contribution in [3.8, 4) is 0 Å². The molecule has 1 heterocycles. The lowest BCUT2D eigenvalue weighted by molar-refractivity contribution is 0.0600. The number of aryl methyl sites for hydroxylation is 2. The normalized spacial score (nSPS) is 13.2. The highest BCUT2D eigenvalue weighted by atomic mass is 32.1. The Hall–Kier alpha value is -2.21. The number of anilines is 1. The van der Waals surface area contributed by atoms with E-state index in [1.165, 1.54) is 29.4 Å². The summed E-state index contributed by atoms with van der Waals surface area (Å²) in [6.07, 6.45) is 3.96. The number of fused-ring (bicyclic) bond motifs is 1. The maximum Gasteiger partial charge on any atom is 0.341 e. The Bertz CT molecular complexity index is 828. The monoisotopic (exact) mass is 361 g/mol. The van der Waals surface area contributed by atoms with E-state index < -0.39 is 5.82 Å². The van der Waals surface area contributed by atoms with Crippen LogP contribution in [0.3, 0.4) is 0 Å². The Labute approximate surface area is 150 Å². The van der Waals surface area contributed by atoms with Crippen molar-refractivity contribution in [1.82, 2.24) is 0 Å². The van der Waals surface area contributed by atoms with Crippen molar-refractivity contribution in [1.29, 1.82) is 0 Å².